The lowest BCUT2D eigenvalue weighted by molar-refractivity contribution is -0.151. The molecule has 4 rings (SSSR count). The molecule has 19 nitrogen and oxygen atoms in total. The molecule has 3 heterocycles. The molecule has 4 amide bonds. The number of primary amides is 1. The van der Waals surface area contributed by atoms with Crippen LogP contribution in [0.1, 0.15) is 24.9 Å². The number of aromatic nitrogens is 2. The van der Waals surface area contributed by atoms with Crippen LogP contribution in [0.5, 0.6) is 5.75 Å². The SMILES string of the molecule is CC(=O)OCC1=C(C(=O)O)N2C(=O)C(NC(=O)C(c3ccc(O)cc3)N(C(N)=O)c3cnc(NCCCS(N)(=O)=O)[nH]c3=O)[C@@H]2SC1. The number of rotatable bonds is 13. The highest BCUT2D eigenvalue weighted by molar-refractivity contribution is 8.00. The summed E-state index contributed by atoms with van der Waals surface area (Å²) in [6.07, 6.45) is 1.04. The number of hydrogen-bond acceptors (Lipinski definition) is 13. The minimum atomic E-state index is -3.71. The van der Waals surface area contributed by atoms with Gasteiger partial charge in [0.15, 0.2) is 0 Å². The highest BCUT2D eigenvalue weighted by Gasteiger charge is 2.55. The van der Waals surface area contributed by atoms with Crippen molar-refractivity contribution in [3.63, 3.8) is 0 Å². The van der Waals surface area contributed by atoms with Crippen LogP contribution in [-0.4, -0.2) is 99.4 Å². The van der Waals surface area contributed by atoms with Crippen LogP contribution in [0.25, 0.3) is 0 Å². The Morgan fingerprint density at radius 2 is 1.91 bits per heavy atom. The number of urea groups is 1. The number of esters is 1. The predicted molar refractivity (Wildman–Crippen MR) is 165 cm³/mol. The predicted octanol–water partition coefficient (Wildman–Crippen LogP) is -1.51. The Kier molecular flexibility index (Phi) is 10.4. The van der Waals surface area contributed by atoms with Gasteiger partial charge in [0.1, 0.15) is 41.2 Å². The van der Waals surface area contributed by atoms with Crippen molar-refractivity contribution in [3.05, 3.63) is 57.6 Å². The number of nitrogens with zero attached hydrogens (tertiary/aromatic N) is 3. The summed E-state index contributed by atoms with van der Waals surface area (Å²) in [5, 5.41) is 28.9. The first-order valence-electron chi connectivity index (χ1n) is 13.6. The van der Waals surface area contributed by atoms with Crippen molar-refractivity contribution >= 4 is 63.2 Å². The first-order chi connectivity index (χ1) is 22.1. The van der Waals surface area contributed by atoms with Gasteiger partial charge in [0.25, 0.3) is 11.5 Å². The number of aliphatic carboxylic acids is 1. The second-order valence-electron chi connectivity index (χ2n) is 10.2. The van der Waals surface area contributed by atoms with Crippen LogP contribution in [0, 0.1) is 0 Å². The van der Waals surface area contributed by atoms with E-state index in [9.17, 15) is 47.4 Å². The molecule has 0 aliphatic carbocycles. The van der Waals surface area contributed by atoms with Gasteiger partial charge in [-0.1, -0.05) is 12.1 Å². The van der Waals surface area contributed by atoms with Crippen LogP contribution in [0.2, 0.25) is 0 Å². The number of aromatic hydroxyl groups is 1. The summed E-state index contributed by atoms with van der Waals surface area (Å²) >= 11 is 1.11. The van der Waals surface area contributed by atoms with Gasteiger partial charge in [0.2, 0.25) is 21.9 Å². The Balaban J connectivity index is 1.61. The quantitative estimate of drug-likeness (QED) is 0.0713. The Labute approximate surface area is 270 Å². The minimum Gasteiger partial charge on any atom is -0.508 e. The molecule has 47 heavy (non-hydrogen) atoms. The maximum absolute atomic E-state index is 13.9. The van der Waals surface area contributed by atoms with Crippen LogP contribution < -0.4 is 32.0 Å². The third kappa shape index (κ3) is 7.99. The molecule has 1 aromatic carbocycles. The summed E-state index contributed by atoms with van der Waals surface area (Å²) in [6, 6.07) is 0.798. The van der Waals surface area contributed by atoms with Crippen LogP contribution >= 0.6 is 11.8 Å². The van der Waals surface area contributed by atoms with E-state index in [0.717, 1.165) is 29.8 Å². The fourth-order valence-corrected chi connectivity index (χ4v) is 6.68. The number of ether oxygens (including phenoxy) is 1. The first kappa shape index (κ1) is 34.7. The number of phenolic OH excluding ortho intramolecular Hbond substituents is 1. The van der Waals surface area contributed by atoms with E-state index in [1.54, 1.807) is 0 Å². The number of carbonyl (C=O) groups is 5. The molecule has 0 spiro atoms. The highest BCUT2D eigenvalue weighted by atomic mass is 32.2. The number of benzene rings is 1. The smallest absolute Gasteiger partial charge is 0.352 e. The molecule has 1 aromatic heterocycles. The minimum absolute atomic E-state index is 0.0619. The summed E-state index contributed by atoms with van der Waals surface area (Å²) in [5.41, 5.74) is 4.13. The summed E-state index contributed by atoms with van der Waals surface area (Å²) in [5.74, 6) is -4.39. The molecule has 3 atom stereocenters. The third-order valence-electron chi connectivity index (χ3n) is 6.89. The van der Waals surface area contributed by atoms with Crippen molar-refractivity contribution in [1.29, 1.82) is 0 Å². The molecule has 9 N–H and O–H groups in total. The molecular weight excluding hydrogens is 664 g/mol. The fraction of sp³-hybridized carbons (Fsp3) is 0.346. The molecule has 2 aliphatic heterocycles. The Morgan fingerprint density at radius 3 is 2.49 bits per heavy atom. The fourth-order valence-electron chi connectivity index (χ4n) is 4.80. The van der Waals surface area contributed by atoms with Gasteiger partial charge < -0.3 is 31.3 Å². The number of β-lactam (4-membered cyclic amide) rings is 1. The van der Waals surface area contributed by atoms with Gasteiger partial charge in [-0.2, -0.15) is 0 Å². The largest absolute Gasteiger partial charge is 0.508 e. The molecule has 0 bridgehead atoms. The summed E-state index contributed by atoms with van der Waals surface area (Å²) in [7, 11) is -3.71. The molecule has 1 fully saturated rings. The van der Waals surface area contributed by atoms with Gasteiger partial charge in [-0.15, -0.1) is 11.8 Å². The highest BCUT2D eigenvalue weighted by Crippen LogP contribution is 2.41. The lowest BCUT2D eigenvalue weighted by Gasteiger charge is -2.49. The summed E-state index contributed by atoms with van der Waals surface area (Å²) in [6.45, 7) is 0.864. The standard InChI is InChI=1S/C26H30N8O11S2/c1-12(35)45-10-14-11-46-23-17(22(39)34(23)19(14)24(40)41)31-21(38)18(13-3-5-15(36)6-4-13)33(25(27)42)16-9-30-26(32-20(16)37)29-7-2-8-47(28,43)44/h3-6,9,17-18,23,36H,2,7-8,10-11H2,1H3,(H2,27,42)(H,31,38)(H,40,41)(H2,28,43,44)(H2,29,30,32,37)/t17?,18?,23-/m0/s1. The zero-order valence-corrected chi connectivity index (χ0v) is 26.2. The molecule has 21 heteroatoms. The second-order valence-corrected chi connectivity index (χ2v) is 13.1. The number of phenols is 1. The number of thioether (sulfide) groups is 1. The number of H-pyrrole nitrogens is 1. The number of anilines is 2. The molecular formula is C26H30N8O11S2. The second kappa shape index (κ2) is 14.1. The lowest BCUT2D eigenvalue weighted by Crippen LogP contribution is -2.71. The van der Waals surface area contributed by atoms with Crippen molar-refractivity contribution in [2.75, 3.05) is 34.9 Å². The van der Waals surface area contributed by atoms with E-state index in [0.29, 0.717) is 4.90 Å². The number of carboxylic acids is 1. The van der Waals surface area contributed by atoms with Crippen molar-refractivity contribution < 1.29 is 47.3 Å². The van der Waals surface area contributed by atoms with E-state index in [-0.39, 0.29) is 59.6 Å². The number of amides is 4. The van der Waals surface area contributed by atoms with Gasteiger partial charge in [0, 0.05) is 24.8 Å². The summed E-state index contributed by atoms with van der Waals surface area (Å²) < 4.78 is 27.2. The molecule has 2 aromatic rings. The first-order valence-corrected chi connectivity index (χ1v) is 16.4. The molecule has 2 unspecified atom stereocenters. The number of carboxylic acid groups (broad SMARTS) is 1. The normalized spacial score (nSPS) is 18.0. The van der Waals surface area contributed by atoms with Gasteiger partial charge in [-0.25, -0.2) is 28.1 Å². The number of hydrogen-bond donors (Lipinski definition) is 7. The number of carbonyl (C=O) groups excluding carboxylic acids is 4. The summed E-state index contributed by atoms with van der Waals surface area (Å²) in [4.78, 5) is 84.3. The van der Waals surface area contributed by atoms with Crippen molar-refractivity contribution in [1.82, 2.24) is 20.2 Å². The van der Waals surface area contributed by atoms with E-state index in [2.05, 4.69) is 20.6 Å². The number of fused-ring (bicyclic) bond motifs is 1. The van der Waals surface area contributed by atoms with Gasteiger partial charge in [0.05, 0.1) is 11.9 Å². The average molecular weight is 695 g/mol. The van der Waals surface area contributed by atoms with Crippen LogP contribution in [0.4, 0.5) is 16.4 Å². The van der Waals surface area contributed by atoms with Crippen molar-refractivity contribution in [3.8, 4) is 5.75 Å². The van der Waals surface area contributed by atoms with Crippen molar-refractivity contribution in [2.24, 2.45) is 10.9 Å². The van der Waals surface area contributed by atoms with E-state index in [4.69, 9.17) is 15.6 Å². The van der Waals surface area contributed by atoms with E-state index >= 15 is 0 Å². The lowest BCUT2D eigenvalue weighted by atomic mass is 10.00. The Hall–Kier alpha value is -5.15. The van der Waals surface area contributed by atoms with E-state index in [1.807, 2.05) is 0 Å². The third-order valence-corrected chi connectivity index (χ3v) is 9.09. The average Bonchev–Trinajstić information content (AvgIpc) is 2.99. The zero-order valence-electron chi connectivity index (χ0n) is 24.5. The number of sulfonamides is 1. The number of nitrogens with one attached hydrogen (secondary N) is 3. The van der Waals surface area contributed by atoms with Gasteiger partial charge in [-0.3, -0.25) is 34.0 Å². The Bertz CT molecular complexity index is 1800. The monoisotopic (exact) mass is 694 g/mol. The number of primary sulfonamides is 1. The van der Waals surface area contributed by atoms with Crippen molar-refractivity contribution in [2.45, 2.75) is 30.8 Å². The maximum atomic E-state index is 13.9. The van der Waals surface area contributed by atoms with E-state index < -0.39 is 68.5 Å². The molecule has 252 valence electrons. The molecule has 0 saturated carbocycles. The van der Waals surface area contributed by atoms with Crippen LogP contribution in [0.3, 0.4) is 0 Å². The molecule has 1 saturated heterocycles. The number of nitrogens with two attached hydrogens (primary N) is 2. The van der Waals surface area contributed by atoms with E-state index in [1.165, 1.54) is 24.3 Å². The van der Waals surface area contributed by atoms with Gasteiger partial charge in [-0.05, 0) is 24.1 Å². The van der Waals surface area contributed by atoms with Gasteiger partial charge >= 0.3 is 18.0 Å². The Morgan fingerprint density at radius 1 is 1.23 bits per heavy atom. The van der Waals surface area contributed by atoms with Crippen LogP contribution in [0.15, 0.2) is 46.5 Å². The topological polar surface area (TPSA) is 298 Å². The maximum Gasteiger partial charge on any atom is 0.352 e. The van der Waals surface area contributed by atoms with Crippen LogP contribution in [-0.2, 0) is 33.9 Å². The zero-order chi connectivity index (χ0) is 34.6. The number of aromatic amines is 1. The molecule has 2 aliphatic rings. The molecule has 0 radical (unpaired) electrons.